The molecule has 1 heterocycles. The lowest BCUT2D eigenvalue weighted by Gasteiger charge is -2.17. The monoisotopic (exact) mass is 295 g/mol. The SMILES string of the molecule is COC[C@@H](C)N=C1NN=C(c2ccc(O)cc2O)CS1. The number of benzene rings is 1. The first-order chi connectivity index (χ1) is 9.60. The van der Waals surface area contributed by atoms with Gasteiger partial charge in [-0.1, -0.05) is 11.8 Å². The zero-order valence-corrected chi connectivity index (χ0v) is 12.1. The standard InChI is InChI=1S/C13H17N3O3S/c1-8(6-19-2)14-13-16-15-11(7-20-13)10-4-3-9(17)5-12(10)18/h3-5,8,17-18H,6-7H2,1-2H3,(H,14,16)/t8-/m1/s1. The minimum atomic E-state index is 0.0132. The number of rotatable bonds is 4. The van der Waals surface area contributed by atoms with E-state index < -0.39 is 0 Å². The fraction of sp³-hybridized carbons (Fsp3) is 0.385. The maximum absolute atomic E-state index is 9.80. The lowest BCUT2D eigenvalue weighted by Crippen LogP contribution is -2.27. The largest absolute Gasteiger partial charge is 0.508 e. The van der Waals surface area contributed by atoms with Crippen LogP contribution in [0.3, 0.4) is 0 Å². The molecule has 7 heteroatoms. The Hall–Kier alpha value is -1.73. The van der Waals surface area contributed by atoms with Gasteiger partial charge in [0, 0.05) is 24.5 Å². The molecular weight excluding hydrogens is 278 g/mol. The van der Waals surface area contributed by atoms with E-state index in [0.717, 1.165) is 5.17 Å². The second-order valence-electron chi connectivity index (χ2n) is 4.40. The number of nitrogens with zero attached hydrogens (tertiary/aromatic N) is 2. The smallest absolute Gasteiger partial charge is 0.177 e. The van der Waals surface area contributed by atoms with Gasteiger partial charge >= 0.3 is 0 Å². The van der Waals surface area contributed by atoms with Crippen molar-refractivity contribution in [1.29, 1.82) is 0 Å². The molecule has 0 spiro atoms. The Kier molecular flexibility index (Phi) is 4.86. The number of methoxy groups -OCH3 is 1. The van der Waals surface area contributed by atoms with Gasteiger partial charge < -0.3 is 14.9 Å². The van der Waals surface area contributed by atoms with E-state index in [2.05, 4.69) is 15.5 Å². The van der Waals surface area contributed by atoms with Crippen LogP contribution in [0.15, 0.2) is 28.3 Å². The zero-order chi connectivity index (χ0) is 14.5. The summed E-state index contributed by atoms with van der Waals surface area (Å²) in [4.78, 5) is 4.42. The quantitative estimate of drug-likeness (QED) is 0.784. The minimum absolute atomic E-state index is 0.0132. The number of aliphatic imine (C=N–C) groups is 1. The molecule has 0 radical (unpaired) electrons. The highest BCUT2D eigenvalue weighted by Gasteiger charge is 2.16. The van der Waals surface area contributed by atoms with E-state index in [-0.39, 0.29) is 17.5 Å². The van der Waals surface area contributed by atoms with Crippen molar-refractivity contribution in [2.45, 2.75) is 13.0 Å². The number of hydrazone groups is 1. The van der Waals surface area contributed by atoms with Crippen LogP contribution in [0.25, 0.3) is 0 Å². The maximum Gasteiger partial charge on any atom is 0.177 e. The Labute approximate surface area is 121 Å². The predicted molar refractivity (Wildman–Crippen MR) is 80.7 cm³/mol. The van der Waals surface area contributed by atoms with E-state index >= 15 is 0 Å². The zero-order valence-electron chi connectivity index (χ0n) is 11.3. The van der Waals surface area contributed by atoms with E-state index in [1.807, 2.05) is 6.92 Å². The molecule has 1 aliphatic rings. The number of hydrogen-bond acceptors (Lipinski definition) is 6. The molecule has 0 fully saturated rings. The van der Waals surface area contributed by atoms with Gasteiger partial charge in [0.2, 0.25) is 0 Å². The van der Waals surface area contributed by atoms with Crippen molar-refractivity contribution in [3.63, 3.8) is 0 Å². The summed E-state index contributed by atoms with van der Waals surface area (Å²) in [5.41, 5.74) is 4.19. The van der Waals surface area contributed by atoms with Crippen LogP contribution in [0.4, 0.5) is 0 Å². The van der Waals surface area contributed by atoms with Gasteiger partial charge in [-0.25, -0.2) is 0 Å². The van der Waals surface area contributed by atoms with Crippen LogP contribution in [0.5, 0.6) is 11.5 Å². The number of thioether (sulfide) groups is 1. The van der Waals surface area contributed by atoms with Crippen molar-refractivity contribution < 1.29 is 14.9 Å². The van der Waals surface area contributed by atoms with Crippen molar-refractivity contribution in [3.8, 4) is 11.5 Å². The fourth-order valence-corrected chi connectivity index (χ4v) is 2.62. The summed E-state index contributed by atoms with van der Waals surface area (Å²) >= 11 is 1.51. The second kappa shape index (κ2) is 6.62. The Balaban J connectivity index is 2.09. The molecule has 0 saturated heterocycles. The number of hydrogen-bond donors (Lipinski definition) is 3. The summed E-state index contributed by atoms with van der Waals surface area (Å²) in [6.45, 7) is 2.52. The van der Waals surface area contributed by atoms with Gasteiger partial charge in [-0.05, 0) is 19.1 Å². The molecule has 0 aliphatic carbocycles. The Morgan fingerprint density at radius 2 is 2.30 bits per heavy atom. The van der Waals surface area contributed by atoms with Gasteiger partial charge in [0.1, 0.15) is 11.5 Å². The van der Waals surface area contributed by atoms with Crippen LogP contribution < -0.4 is 5.43 Å². The molecule has 0 saturated carbocycles. The Bertz CT molecular complexity index is 546. The normalized spacial score (nSPS) is 18.5. The van der Waals surface area contributed by atoms with Gasteiger partial charge in [-0.15, -0.1) is 0 Å². The summed E-state index contributed by atoms with van der Waals surface area (Å²) < 4.78 is 5.03. The van der Waals surface area contributed by atoms with Crippen LogP contribution in [-0.4, -0.2) is 46.6 Å². The fourth-order valence-electron chi connectivity index (χ4n) is 1.76. The number of nitrogens with one attached hydrogen (secondary N) is 1. The third-order valence-electron chi connectivity index (χ3n) is 2.67. The van der Waals surface area contributed by atoms with Gasteiger partial charge in [0.15, 0.2) is 5.17 Å². The summed E-state index contributed by atoms with van der Waals surface area (Å²) in [6, 6.07) is 4.52. The number of ether oxygens (including phenoxy) is 1. The summed E-state index contributed by atoms with van der Waals surface area (Å²) in [7, 11) is 1.64. The maximum atomic E-state index is 9.80. The topological polar surface area (TPSA) is 86.4 Å². The molecule has 0 amide bonds. The molecule has 0 aromatic heterocycles. The first kappa shape index (κ1) is 14.7. The van der Waals surface area contributed by atoms with Crippen LogP contribution in [0.1, 0.15) is 12.5 Å². The highest BCUT2D eigenvalue weighted by atomic mass is 32.2. The van der Waals surface area contributed by atoms with Crippen LogP contribution in [0, 0.1) is 0 Å². The van der Waals surface area contributed by atoms with E-state index in [9.17, 15) is 10.2 Å². The summed E-state index contributed by atoms with van der Waals surface area (Å²) in [5.74, 6) is 0.641. The molecule has 1 aromatic carbocycles. The average molecular weight is 295 g/mol. The van der Waals surface area contributed by atoms with Crippen LogP contribution >= 0.6 is 11.8 Å². The van der Waals surface area contributed by atoms with Crippen molar-refractivity contribution in [3.05, 3.63) is 23.8 Å². The first-order valence-corrected chi connectivity index (χ1v) is 7.13. The first-order valence-electron chi connectivity index (χ1n) is 6.14. The second-order valence-corrected chi connectivity index (χ2v) is 5.36. The summed E-state index contributed by atoms with van der Waals surface area (Å²) in [5, 5.41) is 24.0. The molecule has 0 bridgehead atoms. The average Bonchev–Trinajstić information content (AvgIpc) is 2.40. The third kappa shape index (κ3) is 3.64. The van der Waals surface area contributed by atoms with Gasteiger partial charge in [-0.3, -0.25) is 10.4 Å². The lowest BCUT2D eigenvalue weighted by atomic mass is 10.1. The molecule has 1 atom stereocenters. The molecule has 20 heavy (non-hydrogen) atoms. The van der Waals surface area contributed by atoms with Crippen molar-refractivity contribution in [1.82, 2.24) is 5.43 Å². The highest BCUT2D eigenvalue weighted by molar-refractivity contribution is 8.14. The highest BCUT2D eigenvalue weighted by Crippen LogP contribution is 2.25. The van der Waals surface area contributed by atoms with E-state index in [1.54, 1.807) is 13.2 Å². The Morgan fingerprint density at radius 3 is 2.90 bits per heavy atom. The van der Waals surface area contributed by atoms with Crippen molar-refractivity contribution >= 4 is 22.6 Å². The van der Waals surface area contributed by atoms with E-state index in [4.69, 9.17) is 4.74 Å². The van der Waals surface area contributed by atoms with Crippen LogP contribution in [-0.2, 0) is 4.74 Å². The minimum Gasteiger partial charge on any atom is -0.508 e. The molecule has 108 valence electrons. The van der Waals surface area contributed by atoms with Gasteiger partial charge in [0.05, 0.1) is 18.4 Å². The van der Waals surface area contributed by atoms with Crippen LogP contribution in [0.2, 0.25) is 0 Å². The van der Waals surface area contributed by atoms with E-state index in [0.29, 0.717) is 23.6 Å². The number of phenolic OH excluding ortho intramolecular Hbond substituents is 2. The van der Waals surface area contributed by atoms with Gasteiger partial charge in [0.25, 0.3) is 0 Å². The molecule has 6 nitrogen and oxygen atoms in total. The number of phenols is 2. The molecule has 1 aromatic rings. The number of amidine groups is 1. The Morgan fingerprint density at radius 1 is 1.50 bits per heavy atom. The molecular formula is C13H17N3O3S. The lowest BCUT2D eigenvalue weighted by molar-refractivity contribution is 0.186. The third-order valence-corrected chi connectivity index (χ3v) is 3.56. The molecule has 2 rings (SSSR count). The van der Waals surface area contributed by atoms with Crippen molar-refractivity contribution in [2.75, 3.05) is 19.5 Å². The molecule has 1 aliphatic heterocycles. The predicted octanol–water partition coefficient (Wildman–Crippen LogP) is 1.53. The molecule has 3 N–H and O–H groups in total. The van der Waals surface area contributed by atoms with E-state index in [1.165, 1.54) is 23.9 Å². The van der Waals surface area contributed by atoms with Crippen molar-refractivity contribution in [2.24, 2.45) is 10.1 Å². The number of aromatic hydroxyl groups is 2. The van der Waals surface area contributed by atoms with Gasteiger partial charge in [-0.2, -0.15) is 5.10 Å². The molecule has 0 unspecified atom stereocenters. The summed E-state index contributed by atoms with van der Waals surface area (Å²) in [6.07, 6.45) is 0.